The number of carbonyl (C=O) groups is 1. The maximum atomic E-state index is 13.4. The Labute approximate surface area is 195 Å². The number of ether oxygens (including phenoxy) is 2. The molecule has 2 heterocycles. The van der Waals surface area contributed by atoms with Crippen molar-refractivity contribution in [2.75, 3.05) is 13.2 Å². The van der Waals surface area contributed by atoms with Crippen LogP contribution in [0, 0.1) is 5.92 Å². The van der Waals surface area contributed by atoms with Crippen LogP contribution in [0.5, 0.6) is 5.75 Å². The molecule has 1 saturated heterocycles. The van der Waals surface area contributed by atoms with Gasteiger partial charge in [0, 0.05) is 18.2 Å². The minimum Gasteiger partial charge on any atom is -0.462 e. The lowest BCUT2D eigenvalue weighted by atomic mass is 10.0. The average molecular weight is 497 g/mol. The van der Waals surface area contributed by atoms with Crippen LogP contribution in [0.15, 0.2) is 52.2 Å². The van der Waals surface area contributed by atoms with Crippen LogP contribution in [0.4, 0.5) is 0 Å². The van der Waals surface area contributed by atoms with E-state index in [4.69, 9.17) is 18.5 Å². The smallest absolute Gasteiger partial charge is 0.459 e. The van der Waals surface area contributed by atoms with E-state index in [1.165, 1.54) is 6.20 Å². The summed E-state index contributed by atoms with van der Waals surface area (Å²) in [6.45, 7) is 4.20. The van der Waals surface area contributed by atoms with E-state index in [1.54, 1.807) is 51.1 Å². The number of nitrogens with zero attached hydrogens (tertiary/aromatic N) is 1. The molecule has 12 nitrogen and oxygen atoms in total. The van der Waals surface area contributed by atoms with Crippen LogP contribution in [-0.4, -0.2) is 52.1 Å². The lowest BCUT2D eigenvalue weighted by molar-refractivity contribution is -0.146. The maximum absolute atomic E-state index is 13.4. The van der Waals surface area contributed by atoms with Crippen molar-refractivity contribution in [2.24, 2.45) is 5.92 Å². The highest BCUT2D eigenvalue weighted by molar-refractivity contribution is 7.52. The number of nitrogens with one attached hydrogen (secondary N) is 2. The standard InChI is InChI=1S/C21H28N3O9P/c1-13(2)31-18(26)11-22-34(29,33-15-7-5-4-6-8-15)30-12-16-19(27)14(3)20(32-16)24-10-9-17(25)23-21(24)28/h4-10,13-14,16,19-20,27H,11-12H2,1-3H3,(H,22,29)(H,23,25,28)/t14?,16?,19-,20?,34-/m0/s1. The summed E-state index contributed by atoms with van der Waals surface area (Å²) in [5, 5.41) is 13.1. The number of carbonyl (C=O) groups excluding carboxylic acids is 1. The molecule has 0 aliphatic carbocycles. The molecular formula is C21H28N3O9P. The molecule has 0 spiro atoms. The first-order valence-electron chi connectivity index (χ1n) is 10.7. The van der Waals surface area contributed by atoms with Gasteiger partial charge in [-0.2, -0.15) is 0 Å². The van der Waals surface area contributed by atoms with Crippen LogP contribution in [-0.2, 0) is 23.4 Å². The molecule has 0 bridgehead atoms. The highest BCUT2D eigenvalue weighted by Gasteiger charge is 2.43. The Bertz CT molecular complexity index is 1130. The van der Waals surface area contributed by atoms with Crippen LogP contribution in [0.25, 0.3) is 0 Å². The van der Waals surface area contributed by atoms with E-state index in [0.717, 1.165) is 10.6 Å². The van der Waals surface area contributed by atoms with Crippen molar-refractivity contribution in [3.05, 3.63) is 63.4 Å². The molecule has 186 valence electrons. The second-order valence-electron chi connectivity index (χ2n) is 8.00. The number of esters is 1. The summed E-state index contributed by atoms with van der Waals surface area (Å²) >= 11 is 0. The number of para-hydroxylation sites is 1. The van der Waals surface area contributed by atoms with Gasteiger partial charge < -0.3 is 19.1 Å². The molecule has 3 unspecified atom stereocenters. The SMILES string of the molecule is CC(C)OC(=O)CN[P@](=O)(OCC1OC(n2ccc(=O)[nH]c2=O)C(C)[C@@H]1O)Oc1ccccc1. The normalized spacial score (nSPS) is 24.0. The van der Waals surface area contributed by atoms with Crippen molar-refractivity contribution in [3.63, 3.8) is 0 Å². The second-order valence-corrected chi connectivity index (χ2v) is 9.76. The molecule has 1 aromatic carbocycles. The lowest BCUT2D eigenvalue weighted by Gasteiger charge is -2.22. The predicted molar refractivity (Wildman–Crippen MR) is 120 cm³/mol. The predicted octanol–water partition coefficient (Wildman–Crippen LogP) is 1.18. The molecule has 1 fully saturated rings. The number of hydrogen-bond donors (Lipinski definition) is 3. The zero-order chi connectivity index (χ0) is 24.9. The van der Waals surface area contributed by atoms with Gasteiger partial charge >= 0.3 is 19.4 Å². The highest BCUT2D eigenvalue weighted by atomic mass is 31.2. The fourth-order valence-electron chi connectivity index (χ4n) is 3.34. The fraction of sp³-hybridized carbons (Fsp3) is 0.476. The third-order valence-electron chi connectivity index (χ3n) is 4.97. The largest absolute Gasteiger partial charge is 0.462 e. The third kappa shape index (κ3) is 6.64. The number of H-pyrrole nitrogens is 1. The van der Waals surface area contributed by atoms with Gasteiger partial charge in [-0.15, -0.1) is 0 Å². The van der Waals surface area contributed by atoms with Crippen molar-refractivity contribution in [3.8, 4) is 5.75 Å². The Balaban J connectivity index is 1.71. The summed E-state index contributed by atoms with van der Waals surface area (Å²) in [6, 6.07) is 9.37. The molecule has 34 heavy (non-hydrogen) atoms. The molecule has 3 N–H and O–H groups in total. The fourth-order valence-corrected chi connectivity index (χ4v) is 4.61. The number of aromatic amines is 1. The zero-order valence-corrected chi connectivity index (χ0v) is 19.8. The first-order chi connectivity index (χ1) is 16.1. The first kappa shape index (κ1) is 25.9. The molecule has 1 aliphatic rings. The molecule has 1 aliphatic heterocycles. The summed E-state index contributed by atoms with van der Waals surface area (Å²) in [6.07, 6.45) is -2.04. The number of rotatable bonds is 10. The molecule has 3 rings (SSSR count). The van der Waals surface area contributed by atoms with Crippen LogP contribution in [0.1, 0.15) is 27.0 Å². The van der Waals surface area contributed by atoms with Gasteiger partial charge in [0.25, 0.3) is 5.56 Å². The van der Waals surface area contributed by atoms with Gasteiger partial charge in [-0.1, -0.05) is 25.1 Å². The van der Waals surface area contributed by atoms with E-state index >= 15 is 0 Å². The van der Waals surface area contributed by atoms with Crippen molar-refractivity contribution >= 4 is 13.7 Å². The number of aromatic nitrogens is 2. The van der Waals surface area contributed by atoms with E-state index in [9.17, 15) is 24.1 Å². The zero-order valence-electron chi connectivity index (χ0n) is 19.0. The molecule has 2 aromatic rings. The van der Waals surface area contributed by atoms with Crippen LogP contribution in [0.3, 0.4) is 0 Å². The Hall–Kier alpha value is -2.76. The molecule has 0 amide bonds. The van der Waals surface area contributed by atoms with Gasteiger partial charge in [-0.25, -0.2) is 14.4 Å². The van der Waals surface area contributed by atoms with E-state index in [1.807, 2.05) is 0 Å². The minimum absolute atomic E-state index is 0.231. The maximum Gasteiger partial charge on any atom is 0.459 e. The van der Waals surface area contributed by atoms with Crippen LogP contribution < -0.4 is 20.9 Å². The molecule has 5 atom stereocenters. The van der Waals surface area contributed by atoms with Gasteiger partial charge in [-0.3, -0.25) is 23.7 Å². The minimum atomic E-state index is -4.10. The van der Waals surface area contributed by atoms with Crippen molar-refractivity contribution in [2.45, 2.75) is 45.3 Å². The van der Waals surface area contributed by atoms with Gasteiger partial charge in [0.15, 0.2) is 0 Å². The molecule has 13 heteroatoms. The van der Waals surface area contributed by atoms with E-state index in [2.05, 4.69) is 10.1 Å². The molecular weight excluding hydrogens is 469 g/mol. The summed E-state index contributed by atoms with van der Waals surface area (Å²) in [5.74, 6) is -0.978. The lowest BCUT2D eigenvalue weighted by Crippen LogP contribution is -2.33. The van der Waals surface area contributed by atoms with Crippen LogP contribution >= 0.6 is 7.75 Å². The topological polar surface area (TPSA) is 158 Å². The Morgan fingerprint density at radius 3 is 2.62 bits per heavy atom. The summed E-state index contributed by atoms with van der Waals surface area (Å²) in [7, 11) is -4.10. The van der Waals surface area contributed by atoms with E-state index in [0.29, 0.717) is 0 Å². The number of benzene rings is 1. The monoisotopic (exact) mass is 497 g/mol. The first-order valence-corrected chi connectivity index (χ1v) is 12.2. The second kappa shape index (κ2) is 11.1. The van der Waals surface area contributed by atoms with Crippen molar-refractivity contribution < 1.29 is 33.0 Å². The van der Waals surface area contributed by atoms with Gasteiger partial charge in [-0.05, 0) is 26.0 Å². The summed E-state index contributed by atoms with van der Waals surface area (Å²) in [5.41, 5.74) is -1.25. The van der Waals surface area contributed by atoms with Gasteiger partial charge in [0.2, 0.25) is 0 Å². The number of hydrogen-bond acceptors (Lipinski definition) is 9. The number of aliphatic hydroxyl groups is 1. The average Bonchev–Trinajstić information content (AvgIpc) is 3.05. The van der Waals surface area contributed by atoms with E-state index in [-0.39, 0.29) is 18.5 Å². The molecule has 0 radical (unpaired) electrons. The highest BCUT2D eigenvalue weighted by Crippen LogP contribution is 2.45. The van der Waals surface area contributed by atoms with Gasteiger partial charge in [0.1, 0.15) is 24.6 Å². The quantitative estimate of drug-likeness (QED) is 0.321. The number of aliphatic hydroxyl groups excluding tert-OH is 1. The van der Waals surface area contributed by atoms with Crippen molar-refractivity contribution in [1.29, 1.82) is 0 Å². The Morgan fingerprint density at radius 1 is 1.26 bits per heavy atom. The summed E-state index contributed by atoms with van der Waals surface area (Å²) in [4.78, 5) is 37.5. The van der Waals surface area contributed by atoms with Crippen LogP contribution in [0.2, 0.25) is 0 Å². The Morgan fingerprint density at radius 2 is 1.97 bits per heavy atom. The third-order valence-corrected chi connectivity index (χ3v) is 6.46. The summed E-state index contributed by atoms with van der Waals surface area (Å²) < 4.78 is 36.3. The Kier molecular flexibility index (Phi) is 8.45. The van der Waals surface area contributed by atoms with E-state index < -0.39 is 55.9 Å². The molecule has 1 aromatic heterocycles. The van der Waals surface area contributed by atoms with Crippen molar-refractivity contribution in [1.82, 2.24) is 14.6 Å². The molecule has 0 saturated carbocycles. The van der Waals surface area contributed by atoms with Gasteiger partial charge in [0.05, 0.1) is 18.8 Å².